The van der Waals surface area contributed by atoms with Gasteiger partial charge in [-0.1, -0.05) is 62.2 Å². The molecule has 2 aromatic carbocycles. The molecule has 0 unspecified atom stereocenters. The SMILES string of the molecule is CC1CCC(OC[C@@H]2C[C@H](N3CC(C)(C)C3)CN2C(=O)Cc2cc(Cl)c(NC(=O)c3cn(C)c4ccccc34)cc2Cl)CC1. The maximum absolute atomic E-state index is 13.8. The van der Waals surface area contributed by atoms with Gasteiger partial charge in [-0.2, -0.15) is 0 Å². The summed E-state index contributed by atoms with van der Waals surface area (Å²) in [5.41, 5.74) is 2.92. The second-order valence-electron chi connectivity index (χ2n) is 14.1. The molecule has 2 aliphatic heterocycles. The quantitative estimate of drug-likeness (QED) is 0.284. The lowest BCUT2D eigenvalue weighted by atomic mass is 9.83. The van der Waals surface area contributed by atoms with Crippen molar-refractivity contribution in [1.82, 2.24) is 14.4 Å². The van der Waals surface area contributed by atoms with Crippen LogP contribution in [0.3, 0.4) is 0 Å². The standard InChI is InChI=1S/C35H44Cl2N4O3/c1-22-9-11-26(12-10-22)44-19-25-15-24(40-20-35(2,3)21-40)17-41(25)33(42)14-23-13-30(37)31(16-29(23)36)38-34(43)28-18-39(4)32-8-6-5-7-27(28)32/h5-8,13,16,18,22,24-26H,9-12,14-15,17,19-21H2,1-4H3,(H,38,43)/t22?,24-,25-,26?/m0/s1. The number of halogens is 2. The average molecular weight is 640 g/mol. The van der Waals surface area contributed by atoms with Crippen molar-refractivity contribution in [3.8, 4) is 0 Å². The first kappa shape index (κ1) is 31.4. The largest absolute Gasteiger partial charge is 0.376 e. The van der Waals surface area contributed by atoms with Crippen LogP contribution >= 0.6 is 23.2 Å². The van der Waals surface area contributed by atoms with Gasteiger partial charge in [0, 0.05) is 54.8 Å². The van der Waals surface area contributed by atoms with E-state index in [2.05, 4.69) is 31.0 Å². The molecule has 9 heteroatoms. The number of fused-ring (bicyclic) bond motifs is 1. The van der Waals surface area contributed by atoms with Gasteiger partial charge < -0.3 is 19.5 Å². The van der Waals surface area contributed by atoms with Crippen LogP contribution in [0.2, 0.25) is 10.0 Å². The zero-order valence-electron chi connectivity index (χ0n) is 26.2. The number of aromatic nitrogens is 1. The predicted molar refractivity (Wildman–Crippen MR) is 178 cm³/mol. The number of anilines is 1. The summed E-state index contributed by atoms with van der Waals surface area (Å²) in [6, 6.07) is 11.5. The summed E-state index contributed by atoms with van der Waals surface area (Å²) >= 11 is 13.4. The second kappa shape index (κ2) is 12.7. The zero-order chi connectivity index (χ0) is 31.2. The Labute approximate surface area is 270 Å². The summed E-state index contributed by atoms with van der Waals surface area (Å²) in [6.07, 6.45) is 7.79. The number of likely N-dealkylation sites (tertiary alicyclic amines) is 2. The third-order valence-corrected chi connectivity index (χ3v) is 10.5. The fraction of sp³-hybridized carbons (Fsp3) is 0.543. The van der Waals surface area contributed by atoms with Crippen molar-refractivity contribution in [3.63, 3.8) is 0 Å². The minimum atomic E-state index is -0.267. The first-order chi connectivity index (χ1) is 21.0. The van der Waals surface area contributed by atoms with E-state index in [1.165, 1.54) is 12.8 Å². The Balaban J connectivity index is 1.14. The van der Waals surface area contributed by atoms with E-state index in [0.29, 0.717) is 51.5 Å². The minimum absolute atomic E-state index is 0.0312. The molecule has 1 N–H and O–H groups in total. The highest BCUT2D eigenvalue weighted by molar-refractivity contribution is 6.36. The monoisotopic (exact) mass is 638 g/mol. The summed E-state index contributed by atoms with van der Waals surface area (Å²) in [7, 11) is 1.91. The molecule has 7 nitrogen and oxygen atoms in total. The molecular formula is C35H44Cl2N4O3. The Morgan fingerprint density at radius 2 is 1.77 bits per heavy atom. The van der Waals surface area contributed by atoms with Gasteiger partial charge in [-0.05, 0) is 67.2 Å². The molecule has 2 saturated heterocycles. The van der Waals surface area contributed by atoms with Gasteiger partial charge in [0.05, 0.1) is 41.4 Å². The van der Waals surface area contributed by atoms with Gasteiger partial charge in [0.25, 0.3) is 5.91 Å². The maximum atomic E-state index is 13.8. The summed E-state index contributed by atoms with van der Waals surface area (Å²) in [5.74, 6) is 0.535. The van der Waals surface area contributed by atoms with E-state index in [0.717, 1.165) is 49.2 Å². The van der Waals surface area contributed by atoms with Gasteiger partial charge in [0.1, 0.15) is 0 Å². The van der Waals surface area contributed by atoms with Gasteiger partial charge in [0.2, 0.25) is 5.91 Å². The van der Waals surface area contributed by atoms with Crippen LogP contribution in [-0.2, 0) is 23.0 Å². The molecule has 44 heavy (non-hydrogen) atoms. The molecule has 3 aromatic rings. The second-order valence-corrected chi connectivity index (χ2v) is 14.9. The van der Waals surface area contributed by atoms with Crippen molar-refractivity contribution in [3.05, 3.63) is 63.8 Å². The number of rotatable bonds is 8. The topological polar surface area (TPSA) is 66.8 Å². The normalized spacial score (nSPS) is 25.3. The lowest BCUT2D eigenvalue weighted by molar-refractivity contribution is -0.133. The van der Waals surface area contributed by atoms with E-state index in [1.807, 2.05) is 47.0 Å². The van der Waals surface area contributed by atoms with Crippen LogP contribution in [0, 0.1) is 11.3 Å². The molecule has 3 fully saturated rings. The molecular weight excluding hydrogens is 595 g/mol. The summed E-state index contributed by atoms with van der Waals surface area (Å²) in [6.45, 7) is 10.3. The molecule has 1 aromatic heterocycles. The number of aryl methyl sites for hydroxylation is 1. The van der Waals surface area contributed by atoms with Crippen molar-refractivity contribution in [2.75, 3.05) is 31.6 Å². The first-order valence-corrected chi connectivity index (χ1v) is 16.7. The van der Waals surface area contributed by atoms with Crippen LogP contribution < -0.4 is 5.32 Å². The maximum Gasteiger partial charge on any atom is 0.257 e. The van der Waals surface area contributed by atoms with Gasteiger partial charge in [0.15, 0.2) is 0 Å². The molecule has 3 aliphatic rings. The van der Waals surface area contributed by atoms with Crippen molar-refractivity contribution < 1.29 is 14.3 Å². The van der Waals surface area contributed by atoms with Crippen LogP contribution in [0.5, 0.6) is 0 Å². The molecule has 0 bridgehead atoms. The molecule has 0 spiro atoms. The number of amides is 2. The highest BCUT2D eigenvalue weighted by Crippen LogP contribution is 2.36. The molecule has 6 rings (SSSR count). The number of carbonyl (C=O) groups excluding carboxylic acids is 2. The number of benzene rings is 2. The molecule has 1 saturated carbocycles. The van der Waals surface area contributed by atoms with E-state index >= 15 is 0 Å². The highest BCUT2D eigenvalue weighted by atomic mass is 35.5. The fourth-order valence-electron chi connectivity index (χ4n) is 7.37. The predicted octanol–water partition coefficient (Wildman–Crippen LogP) is 7.19. The fourth-order valence-corrected chi connectivity index (χ4v) is 7.83. The van der Waals surface area contributed by atoms with E-state index in [4.69, 9.17) is 27.9 Å². The Bertz CT molecular complexity index is 1540. The minimum Gasteiger partial charge on any atom is -0.376 e. The van der Waals surface area contributed by atoms with Gasteiger partial charge >= 0.3 is 0 Å². The molecule has 2 amide bonds. The van der Waals surface area contributed by atoms with Crippen molar-refractivity contribution in [2.45, 2.75) is 77.5 Å². The Hall–Kier alpha value is -2.58. The summed E-state index contributed by atoms with van der Waals surface area (Å²) in [5, 5.41) is 4.53. The van der Waals surface area contributed by atoms with Crippen molar-refractivity contribution in [2.24, 2.45) is 18.4 Å². The molecule has 236 valence electrons. The smallest absolute Gasteiger partial charge is 0.257 e. The molecule has 2 atom stereocenters. The average Bonchev–Trinajstić information content (AvgIpc) is 3.55. The highest BCUT2D eigenvalue weighted by Gasteiger charge is 2.44. The first-order valence-electron chi connectivity index (χ1n) is 16.0. The Kier molecular flexibility index (Phi) is 9.04. The van der Waals surface area contributed by atoms with E-state index in [1.54, 1.807) is 12.1 Å². The zero-order valence-corrected chi connectivity index (χ0v) is 27.8. The van der Waals surface area contributed by atoms with Crippen molar-refractivity contribution in [1.29, 1.82) is 0 Å². The van der Waals surface area contributed by atoms with Crippen LogP contribution in [-0.4, -0.2) is 70.6 Å². The number of hydrogen-bond acceptors (Lipinski definition) is 4. The number of carbonyl (C=O) groups is 2. The lowest BCUT2D eigenvalue weighted by Gasteiger charge is -2.49. The van der Waals surface area contributed by atoms with Crippen LogP contribution in [0.1, 0.15) is 68.8 Å². The number of nitrogens with one attached hydrogen (secondary N) is 1. The van der Waals surface area contributed by atoms with Crippen LogP contribution in [0.15, 0.2) is 42.6 Å². The summed E-state index contributed by atoms with van der Waals surface area (Å²) in [4.78, 5) is 31.6. The number of nitrogens with zero attached hydrogens (tertiary/aromatic N) is 3. The van der Waals surface area contributed by atoms with Crippen LogP contribution in [0.25, 0.3) is 10.9 Å². The summed E-state index contributed by atoms with van der Waals surface area (Å²) < 4.78 is 8.35. The Morgan fingerprint density at radius 3 is 2.50 bits per heavy atom. The van der Waals surface area contributed by atoms with E-state index < -0.39 is 0 Å². The number of hydrogen-bond donors (Lipinski definition) is 1. The van der Waals surface area contributed by atoms with Gasteiger partial charge in [-0.3, -0.25) is 14.5 Å². The third kappa shape index (κ3) is 6.67. The van der Waals surface area contributed by atoms with Crippen LogP contribution in [0.4, 0.5) is 5.69 Å². The Morgan fingerprint density at radius 1 is 1.05 bits per heavy atom. The number of para-hydroxylation sites is 1. The molecule has 0 radical (unpaired) electrons. The molecule has 3 heterocycles. The van der Waals surface area contributed by atoms with Crippen molar-refractivity contribution >= 4 is 51.6 Å². The van der Waals surface area contributed by atoms with E-state index in [9.17, 15) is 9.59 Å². The molecule has 1 aliphatic carbocycles. The van der Waals surface area contributed by atoms with E-state index in [-0.39, 0.29) is 30.4 Å². The lowest BCUT2D eigenvalue weighted by Crippen LogP contribution is -2.57. The number of ether oxygens (including phenoxy) is 1. The van der Waals surface area contributed by atoms with Gasteiger partial charge in [-0.15, -0.1) is 0 Å². The third-order valence-electron chi connectivity index (χ3n) is 9.85. The van der Waals surface area contributed by atoms with Gasteiger partial charge in [-0.25, -0.2) is 0 Å².